The van der Waals surface area contributed by atoms with Crippen LogP contribution in [0.25, 0.3) is 0 Å². The van der Waals surface area contributed by atoms with Gasteiger partial charge in [-0.05, 0) is 24.0 Å². The van der Waals surface area contributed by atoms with Crippen molar-refractivity contribution in [3.63, 3.8) is 0 Å². The van der Waals surface area contributed by atoms with Crippen molar-refractivity contribution in [1.29, 1.82) is 5.26 Å². The number of nitriles is 1. The Balaban J connectivity index is 2.52. The van der Waals surface area contributed by atoms with Crippen LogP contribution < -0.4 is 5.32 Å². The molecule has 0 fully saturated rings. The average molecular weight is 238 g/mol. The predicted octanol–water partition coefficient (Wildman–Crippen LogP) is 2.54. The first-order valence-electron chi connectivity index (χ1n) is 5.09. The van der Waals surface area contributed by atoms with Crippen molar-refractivity contribution >= 4 is 11.8 Å². The fraction of sp³-hybridized carbons (Fsp3) is 0.417. The van der Waals surface area contributed by atoms with E-state index in [4.69, 9.17) is 5.26 Å². The van der Waals surface area contributed by atoms with E-state index in [9.17, 15) is 4.39 Å². The van der Waals surface area contributed by atoms with E-state index in [1.165, 1.54) is 6.07 Å². The number of hydrogen-bond donors (Lipinski definition) is 1. The van der Waals surface area contributed by atoms with E-state index >= 15 is 0 Å². The standard InChI is InChI=1S/C12H15FN2S/c1-9(16-2)7-15-8-10-3-4-12(13)11(5-10)6-14/h3-5,9,15H,7-8H2,1-2H3. The van der Waals surface area contributed by atoms with Crippen LogP contribution in [-0.4, -0.2) is 18.1 Å². The monoisotopic (exact) mass is 238 g/mol. The minimum atomic E-state index is -0.455. The van der Waals surface area contributed by atoms with Gasteiger partial charge in [0, 0.05) is 18.3 Å². The Bertz CT molecular complexity index is 387. The average Bonchev–Trinajstić information content (AvgIpc) is 2.31. The quantitative estimate of drug-likeness (QED) is 0.856. The summed E-state index contributed by atoms with van der Waals surface area (Å²) in [7, 11) is 0. The summed E-state index contributed by atoms with van der Waals surface area (Å²) < 4.78 is 13.0. The van der Waals surface area contributed by atoms with Crippen molar-refractivity contribution in [3.05, 3.63) is 35.1 Å². The van der Waals surface area contributed by atoms with Crippen LogP contribution in [0, 0.1) is 17.1 Å². The molecule has 1 aromatic rings. The molecule has 0 saturated heterocycles. The second-order valence-corrected chi connectivity index (χ2v) is 4.88. The first-order chi connectivity index (χ1) is 7.67. The third-order valence-corrected chi connectivity index (χ3v) is 3.29. The van der Waals surface area contributed by atoms with Gasteiger partial charge in [-0.1, -0.05) is 13.0 Å². The first-order valence-corrected chi connectivity index (χ1v) is 6.38. The highest BCUT2D eigenvalue weighted by Crippen LogP contribution is 2.09. The third-order valence-electron chi connectivity index (χ3n) is 2.31. The van der Waals surface area contributed by atoms with Crippen LogP contribution in [-0.2, 0) is 6.54 Å². The molecule has 2 nitrogen and oxygen atoms in total. The number of thioether (sulfide) groups is 1. The predicted molar refractivity (Wildman–Crippen MR) is 65.8 cm³/mol. The summed E-state index contributed by atoms with van der Waals surface area (Å²) in [6.45, 7) is 3.71. The molecule has 0 aliphatic carbocycles. The molecule has 0 aromatic heterocycles. The summed E-state index contributed by atoms with van der Waals surface area (Å²) in [4.78, 5) is 0. The van der Waals surface area contributed by atoms with Gasteiger partial charge in [0.2, 0.25) is 0 Å². The zero-order chi connectivity index (χ0) is 12.0. The van der Waals surface area contributed by atoms with Gasteiger partial charge in [0.05, 0.1) is 5.56 Å². The van der Waals surface area contributed by atoms with Gasteiger partial charge >= 0.3 is 0 Å². The molecule has 1 atom stereocenters. The zero-order valence-corrected chi connectivity index (χ0v) is 10.3. The van der Waals surface area contributed by atoms with Gasteiger partial charge < -0.3 is 5.32 Å². The summed E-state index contributed by atoms with van der Waals surface area (Å²) in [5.41, 5.74) is 1.04. The largest absolute Gasteiger partial charge is 0.312 e. The molecule has 1 N–H and O–H groups in total. The maximum atomic E-state index is 13.0. The zero-order valence-electron chi connectivity index (χ0n) is 9.46. The minimum absolute atomic E-state index is 0.109. The van der Waals surface area contributed by atoms with E-state index in [0.717, 1.165) is 12.1 Å². The molecule has 0 aliphatic rings. The summed E-state index contributed by atoms with van der Waals surface area (Å²) in [5, 5.41) is 12.5. The molecule has 0 aliphatic heterocycles. The summed E-state index contributed by atoms with van der Waals surface area (Å²) in [6, 6.07) is 6.47. The van der Waals surface area contributed by atoms with Gasteiger partial charge in [-0.2, -0.15) is 17.0 Å². The fourth-order valence-corrected chi connectivity index (χ4v) is 1.56. The lowest BCUT2D eigenvalue weighted by molar-refractivity contribution is 0.621. The maximum absolute atomic E-state index is 13.0. The molecule has 16 heavy (non-hydrogen) atoms. The Morgan fingerprint density at radius 2 is 2.31 bits per heavy atom. The molecule has 0 radical (unpaired) electrons. The fourth-order valence-electron chi connectivity index (χ4n) is 1.27. The van der Waals surface area contributed by atoms with Crippen LogP contribution in [0.15, 0.2) is 18.2 Å². The van der Waals surface area contributed by atoms with Gasteiger partial charge in [0.15, 0.2) is 0 Å². The van der Waals surface area contributed by atoms with E-state index in [2.05, 4.69) is 18.5 Å². The molecular weight excluding hydrogens is 223 g/mol. The van der Waals surface area contributed by atoms with Crippen molar-refractivity contribution in [2.45, 2.75) is 18.7 Å². The van der Waals surface area contributed by atoms with E-state index in [-0.39, 0.29) is 5.56 Å². The Morgan fingerprint density at radius 3 is 2.94 bits per heavy atom. The van der Waals surface area contributed by atoms with E-state index in [1.54, 1.807) is 23.9 Å². The first kappa shape index (κ1) is 13.0. The van der Waals surface area contributed by atoms with Crippen LogP contribution in [0.4, 0.5) is 4.39 Å². The van der Waals surface area contributed by atoms with Gasteiger partial charge in [-0.15, -0.1) is 0 Å². The van der Waals surface area contributed by atoms with Gasteiger partial charge in [0.25, 0.3) is 0 Å². The van der Waals surface area contributed by atoms with Crippen molar-refractivity contribution in [2.75, 3.05) is 12.8 Å². The van der Waals surface area contributed by atoms with Crippen LogP contribution in [0.5, 0.6) is 0 Å². The van der Waals surface area contributed by atoms with Crippen LogP contribution in [0.3, 0.4) is 0 Å². The minimum Gasteiger partial charge on any atom is -0.312 e. The Hall–Kier alpha value is -1.05. The van der Waals surface area contributed by atoms with Crippen molar-refractivity contribution in [3.8, 4) is 6.07 Å². The van der Waals surface area contributed by atoms with Crippen molar-refractivity contribution in [1.82, 2.24) is 5.32 Å². The molecule has 1 unspecified atom stereocenters. The summed E-state index contributed by atoms with van der Waals surface area (Å²) >= 11 is 1.80. The molecule has 0 saturated carbocycles. The van der Waals surface area contributed by atoms with Crippen molar-refractivity contribution < 1.29 is 4.39 Å². The Labute approximate surface area is 99.9 Å². The number of nitrogens with zero attached hydrogens (tertiary/aromatic N) is 1. The molecule has 1 aromatic carbocycles. The van der Waals surface area contributed by atoms with E-state index in [0.29, 0.717) is 11.8 Å². The normalized spacial score (nSPS) is 12.1. The molecule has 0 bridgehead atoms. The van der Waals surface area contributed by atoms with E-state index < -0.39 is 5.82 Å². The van der Waals surface area contributed by atoms with E-state index in [1.807, 2.05) is 6.07 Å². The maximum Gasteiger partial charge on any atom is 0.140 e. The summed E-state index contributed by atoms with van der Waals surface area (Å²) in [6.07, 6.45) is 2.07. The highest BCUT2D eigenvalue weighted by atomic mass is 32.2. The van der Waals surface area contributed by atoms with Gasteiger partial charge in [0.1, 0.15) is 11.9 Å². The number of nitrogens with one attached hydrogen (secondary N) is 1. The smallest absolute Gasteiger partial charge is 0.140 e. The Kier molecular flexibility index (Phi) is 5.30. The molecule has 4 heteroatoms. The van der Waals surface area contributed by atoms with Crippen molar-refractivity contribution in [2.24, 2.45) is 0 Å². The number of rotatable bonds is 5. The molecular formula is C12H15FN2S. The molecule has 1 rings (SSSR count). The number of benzene rings is 1. The summed E-state index contributed by atoms with van der Waals surface area (Å²) in [5.74, 6) is -0.455. The van der Waals surface area contributed by atoms with Gasteiger partial charge in [-0.25, -0.2) is 4.39 Å². The van der Waals surface area contributed by atoms with Crippen LogP contribution in [0.1, 0.15) is 18.1 Å². The topological polar surface area (TPSA) is 35.8 Å². The third kappa shape index (κ3) is 3.84. The lowest BCUT2D eigenvalue weighted by Crippen LogP contribution is -2.22. The number of halogens is 1. The SMILES string of the molecule is CSC(C)CNCc1ccc(F)c(C#N)c1. The van der Waals surface area contributed by atoms with Gasteiger partial charge in [-0.3, -0.25) is 0 Å². The molecule has 86 valence electrons. The lowest BCUT2D eigenvalue weighted by atomic mass is 10.1. The van der Waals surface area contributed by atoms with Crippen LogP contribution >= 0.6 is 11.8 Å². The molecule has 0 heterocycles. The Morgan fingerprint density at radius 1 is 1.56 bits per heavy atom. The van der Waals surface area contributed by atoms with Crippen LogP contribution in [0.2, 0.25) is 0 Å². The second-order valence-electron chi connectivity index (χ2n) is 3.60. The highest BCUT2D eigenvalue weighted by Gasteiger charge is 2.03. The number of hydrogen-bond acceptors (Lipinski definition) is 3. The molecule has 0 spiro atoms. The molecule has 0 amide bonds. The second kappa shape index (κ2) is 6.51. The lowest BCUT2D eigenvalue weighted by Gasteiger charge is -2.09. The highest BCUT2D eigenvalue weighted by molar-refractivity contribution is 7.99.